The Labute approximate surface area is 111 Å². The van der Waals surface area contributed by atoms with Crippen molar-refractivity contribution in [3.8, 4) is 5.75 Å². The first-order chi connectivity index (χ1) is 9.47. The number of non-ortho nitro benzene ring substituents is 1. The molecule has 2 aromatic rings. The molecule has 0 radical (unpaired) electrons. The third-order valence-corrected chi connectivity index (χ3v) is 2.53. The summed E-state index contributed by atoms with van der Waals surface area (Å²) in [5.74, 6) is -3.12. The maximum atomic E-state index is 13.3. The zero-order chi connectivity index (χ0) is 14.7. The summed E-state index contributed by atoms with van der Waals surface area (Å²) in [4.78, 5) is 9.87. The highest BCUT2D eigenvalue weighted by Gasteiger charge is 2.11. The number of hydrogen-bond donors (Lipinski definition) is 0. The van der Waals surface area contributed by atoms with E-state index < -0.39 is 22.4 Å². The molecule has 0 amide bonds. The van der Waals surface area contributed by atoms with Gasteiger partial charge in [-0.15, -0.1) is 0 Å². The van der Waals surface area contributed by atoms with Crippen molar-refractivity contribution in [1.29, 1.82) is 0 Å². The van der Waals surface area contributed by atoms with E-state index in [-0.39, 0.29) is 23.6 Å². The van der Waals surface area contributed by atoms with Crippen LogP contribution < -0.4 is 4.74 Å². The predicted octanol–water partition coefficient (Wildman–Crippen LogP) is 3.59. The lowest BCUT2D eigenvalue weighted by molar-refractivity contribution is -0.384. The van der Waals surface area contributed by atoms with Gasteiger partial charge in [-0.25, -0.2) is 13.2 Å². The van der Waals surface area contributed by atoms with Gasteiger partial charge in [-0.3, -0.25) is 10.1 Å². The van der Waals surface area contributed by atoms with Crippen molar-refractivity contribution in [2.24, 2.45) is 0 Å². The predicted molar refractivity (Wildman–Crippen MR) is 63.7 cm³/mol. The molecular formula is C13H8F3NO3. The fraction of sp³-hybridized carbons (Fsp3) is 0.0769. The Morgan fingerprint density at radius 3 is 2.20 bits per heavy atom. The molecule has 104 valence electrons. The Kier molecular flexibility index (Phi) is 3.88. The van der Waals surface area contributed by atoms with Crippen LogP contribution in [0.3, 0.4) is 0 Å². The Balaban J connectivity index is 2.09. The van der Waals surface area contributed by atoms with Crippen LogP contribution in [-0.4, -0.2) is 4.92 Å². The van der Waals surface area contributed by atoms with Crippen LogP contribution in [0.2, 0.25) is 0 Å². The molecule has 0 aliphatic heterocycles. The lowest BCUT2D eigenvalue weighted by atomic mass is 10.2. The Hall–Kier alpha value is -2.57. The summed E-state index contributed by atoms with van der Waals surface area (Å²) in [6, 6.07) is 6.24. The molecule has 0 N–H and O–H groups in total. The number of rotatable bonds is 4. The summed E-state index contributed by atoms with van der Waals surface area (Å²) in [6.45, 7) is -0.319. The van der Waals surface area contributed by atoms with Gasteiger partial charge in [0.15, 0.2) is 11.6 Å². The Morgan fingerprint density at radius 1 is 1.00 bits per heavy atom. The molecule has 0 fully saturated rings. The lowest BCUT2D eigenvalue weighted by Crippen LogP contribution is -2.01. The molecule has 0 saturated heterocycles. The molecule has 0 aliphatic rings. The lowest BCUT2D eigenvalue weighted by Gasteiger charge is -2.07. The molecule has 2 rings (SSSR count). The SMILES string of the molecule is O=[N+]([O-])c1ccc(OCc2cc(F)c(F)cc2F)cc1. The van der Waals surface area contributed by atoms with E-state index in [9.17, 15) is 23.3 Å². The van der Waals surface area contributed by atoms with E-state index in [1.165, 1.54) is 24.3 Å². The van der Waals surface area contributed by atoms with Gasteiger partial charge in [0.25, 0.3) is 5.69 Å². The number of benzene rings is 2. The first kappa shape index (κ1) is 13.9. The fourth-order valence-electron chi connectivity index (χ4n) is 1.50. The summed E-state index contributed by atoms with van der Waals surface area (Å²) in [5, 5.41) is 10.4. The number of ether oxygens (including phenoxy) is 1. The highest BCUT2D eigenvalue weighted by molar-refractivity contribution is 5.36. The first-order valence-corrected chi connectivity index (χ1v) is 5.48. The van der Waals surface area contributed by atoms with Gasteiger partial charge in [-0.2, -0.15) is 0 Å². The highest BCUT2D eigenvalue weighted by atomic mass is 19.2. The quantitative estimate of drug-likeness (QED) is 0.489. The molecule has 0 unspecified atom stereocenters. The smallest absolute Gasteiger partial charge is 0.269 e. The van der Waals surface area contributed by atoms with Gasteiger partial charge in [-0.1, -0.05) is 0 Å². The van der Waals surface area contributed by atoms with Gasteiger partial charge in [-0.05, 0) is 18.2 Å². The van der Waals surface area contributed by atoms with Gasteiger partial charge in [0.1, 0.15) is 18.2 Å². The third kappa shape index (κ3) is 3.05. The van der Waals surface area contributed by atoms with Gasteiger partial charge < -0.3 is 4.74 Å². The Bertz CT molecular complexity index is 644. The largest absolute Gasteiger partial charge is 0.489 e. The van der Waals surface area contributed by atoms with Gasteiger partial charge in [0.05, 0.1) is 4.92 Å². The van der Waals surface area contributed by atoms with Crippen LogP contribution in [0.4, 0.5) is 18.9 Å². The number of hydrogen-bond acceptors (Lipinski definition) is 3. The molecular weight excluding hydrogens is 275 g/mol. The van der Waals surface area contributed by atoms with Gasteiger partial charge in [0, 0.05) is 23.8 Å². The average Bonchev–Trinajstić information content (AvgIpc) is 2.42. The van der Waals surface area contributed by atoms with E-state index in [0.717, 1.165) is 0 Å². The summed E-state index contributed by atoms with van der Waals surface area (Å²) in [7, 11) is 0. The number of halogens is 3. The minimum atomic E-state index is -1.28. The normalized spacial score (nSPS) is 10.3. The standard InChI is InChI=1S/C13H8F3NO3/c14-11-6-13(16)12(15)5-8(11)7-20-10-3-1-9(2-4-10)17(18)19/h1-6H,7H2. The summed E-state index contributed by atoms with van der Waals surface area (Å²) < 4.78 is 44.2. The van der Waals surface area contributed by atoms with E-state index in [2.05, 4.69) is 0 Å². The molecule has 0 bridgehead atoms. The monoisotopic (exact) mass is 283 g/mol. The maximum Gasteiger partial charge on any atom is 0.269 e. The summed E-state index contributed by atoms with van der Waals surface area (Å²) in [6.07, 6.45) is 0. The molecule has 0 spiro atoms. The Morgan fingerprint density at radius 2 is 1.60 bits per heavy atom. The van der Waals surface area contributed by atoms with Crippen LogP contribution in [-0.2, 0) is 6.61 Å². The maximum absolute atomic E-state index is 13.3. The molecule has 0 atom stereocenters. The van der Waals surface area contributed by atoms with E-state index in [0.29, 0.717) is 12.1 Å². The first-order valence-electron chi connectivity index (χ1n) is 5.48. The topological polar surface area (TPSA) is 52.4 Å². The fourth-order valence-corrected chi connectivity index (χ4v) is 1.50. The van der Waals surface area contributed by atoms with Crippen LogP contribution in [0, 0.1) is 27.6 Å². The molecule has 4 nitrogen and oxygen atoms in total. The molecule has 0 aromatic heterocycles. The van der Waals surface area contributed by atoms with Crippen LogP contribution in [0.5, 0.6) is 5.75 Å². The van der Waals surface area contributed by atoms with Crippen molar-refractivity contribution in [3.63, 3.8) is 0 Å². The minimum absolute atomic E-state index is 0.114. The van der Waals surface area contributed by atoms with Crippen molar-refractivity contribution in [2.75, 3.05) is 0 Å². The minimum Gasteiger partial charge on any atom is -0.489 e. The van der Waals surface area contributed by atoms with Crippen LogP contribution in [0.15, 0.2) is 36.4 Å². The van der Waals surface area contributed by atoms with Crippen molar-refractivity contribution in [3.05, 3.63) is 69.5 Å². The van der Waals surface area contributed by atoms with Crippen molar-refractivity contribution < 1.29 is 22.8 Å². The number of nitrogens with zero attached hydrogens (tertiary/aromatic N) is 1. The zero-order valence-electron chi connectivity index (χ0n) is 9.98. The van der Waals surface area contributed by atoms with Gasteiger partial charge in [0.2, 0.25) is 0 Å². The molecule has 20 heavy (non-hydrogen) atoms. The van der Waals surface area contributed by atoms with E-state index in [1.54, 1.807) is 0 Å². The van der Waals surface area contributed by atoms with E-state index in [1.807, 2.05) is 0 Å². The second-order valence-electron chi connectivity index (χ2n) is 3.90. The second-order valence-corrected chi connectivity index (χ2v) is 3.90. The zero-order valence-corrected chi connectivity index (χ0v) is 9.98. The average molecular weight is 283 g/mol. The van der Waals surface area contributed by atoms with Crippen LogP contribution >= 0.6 is 0 Å². The molecule has 0 heterocycles. The third-order valence-electron chi connectivity index (χ3n) is 2.53. The van der Waals surface area contributed by atoms with E-state index >= 15 is 0 Å². The van der Waals surface area contributed by atoms with Crippen LogP contribution in [0.1, 0.15) is 5.56 Å². The highest BCUT2D eigenvalue weighted by Crippen LogP contribution is 2.20. The number of nitro benzene ring substituents is 1. The molecule has 7 heteroatoms. The number of nitro groups is 1. The molecule has 0 aliphatic carbocycles. The van der Waals surface area contributed by atoms with E-state index in [4.69, 9.17) is 4.74 Å². The van der Waals surface area contributed by atoms with Crippen molar-refractivity contribution in [1.82, 2.24) is 0 Å². The molecule has 0 saturated carbocycles. The summed E-state index contributed by atoms with van der Waals surface area (Å²) in [5.41, 5.74) is -0.265. The van der Waals surface area contributed by atoms with Gasteiger partial charge >= 0.3 is 0 Å². The van der Waals surface area contributed by atoms with Crippen LogP contribution in [0.25, 0.3) is 0 Å². The molecule has 2 aromatic carbocycles. The summed E-state index contributed by atoms with van der Waals surface area (Å²) >= 11 is 0. The van der Waals surface area contributed by atoms with Crippen molar-refractivity contribution >= 4 is 5.69 Å². The second kappa shape index (κ2) is 5.60. The van der Waals surface area contributed by atoms with Crippen molar-refractivity contribution in [2.45, 2.75) is 6.61 Å².